The maximum atomic E-state index is 4.53. The second-order valence-electron chi connectivity index (χ2n) is 5.76. The Bertz CT molecular complexity index is 504. The molecule has 0 aliphatic carbocycles. The van der Waals surface area contributed by atoms with Crippen molar-refractivity contribution in [3.05, 3.63) is 42.1 Å². The fourth-order valence-corrected chi connectivity index (χ4v) is 2.72. The van der Waals surface area contributed by atoms with E-state index in [1.54, 1.807) is 0 Å². The summed E-state index contributed by atoms with van der Waals surface area (Å²) in [5.41, 5.74) is 2.49. The summed E-state index contributed by atoms with van der Waals surface area (Å²) >= 11 is 0. The number of para-hydroxylation sites is 1. The van der Waals surface area contributed by atoms with Gasteiger partial charge >= 0.3 is 0 Å². The summed E-state index contributed by atoms with van der Waals surface area (Å²) in [6, 6.07) is 10.7. The normalized spacial score (nSPS) is 11.1. The summed E-state index contributed by atoms with van der Waals surface area (Å²) in [5.74, 6) is 0. The van der Waals surface area contributed by atoms with E-state index in [1.165, 1.54) is 68.7 Å². The van der Waals surface area contributed by atoms with Crippen LogP contribution in [0.15, 0.2) is 36.5 Å². The Kier molecular flexibility index (Phi) is 6.56. The molecular weight excluding hydrogens is 242 g/mol. The highest BCUT2D eigenvalue weighted by Gasteiger charge is 1.98. The molecule has 0 fully saturated rings. The summed E-state index contributed by atoms with van der Waals surface area (Å²) in [4.78, 5) is 4.53. The molecule has 2 rings (SSSR count). The predicted molar refractivity (Wildman–Crippen MR) is 88.1 cm³/mol. The number of pyridine rings is 1. The molecule has 0 bridgehead atoms. The van der Waals surface area contributed by atoms with Gasteiger partial charge in [-0.25, -0.2) is 0 Å². The number of hydrogen-bond donors (Lipinski definition) is 0. The van der Waals surface area contributed by atoms with Gasteiger partial charge in [0, 0.05) is 11.6 Å². The van der Waals surface area contributed by atoms with E-state index < -0.39 is 0 Å². The van der Waals surface area contributed by atoms with Crippen molar-refractivity contribution >= 4 is 10.9 Å². The van der Waals surface area contributed by atoms with Gasteiger partial charge < -0.3 is 0 Å². The standard InChI is InChI=1S/C19H27N/c1-2-3-4-5-6-7-8-9-12-17-15-18-13-10-11-14-19(18)20-16-17/h10-11,13-16H,2-9,12H2,1H3. The number of aryl methyl sites for hydroxylation is 1. The number of benzene rings is 1. The van der Waals surface area contributed by atoms with Crippen molar-refractivity contribution in [1.82, 2.24) is 4.98 Å². The van der Waals surface area contributed by atoms with Crippen LogP contribution in [0.2, 0.25) is 0 Å². The number of nitrogens with zero attached hydrogens (tertiary/aromatic N) is 1. The van der Waals surface area contributed by atoms with Crippen LogP contribution in [0.3, 0.4) is 0 Å². The van der Waals surface area contributed by atoms with Crippen molar-refractivity contribution in [1.29, 1.82) is 0 Å². The van der Waals surface area contributed by atoms with E-state index in [0.29, 0.717) is 0 Å². The Balaban J connectivity index is 1.65. The molecule has 1 heteroatoms. The zero-order valence-corrected chi connectivity index (χ0v) is 12.8. The highest BCUT2D eigenvalue weighted by Crippen LogP contribution is 2.15. The van der Waals surface area contributed by atoms with E-state index in [2.05, 4.69) is 36.2 Å². The average molecular weight is 269 g/mol. The number of hydrogen-bond acceptors (Lipinski definition) is 1. The maximum Gasteiger partial charge on any atom is 0.0702 e. The van der Waals surface area contributed by atoms with E-state index in [9.17, 15) is 0 Å². The molecule has 1 aromatic heterocycles. The first-order valence-electron chi connectivity index (χ1n) is 8.24. The van der Waals surface area contributed by atoms with Crippen LogP contribution in [-0.2, 0) is 6.42 Å². The molecule has 0 saturated carbocycles. The molecule has 1 heterocycles. The van der Waals surface area contributed by atoms with Gasteiger partial charge in [-0.05, 0) is 30.5 Å². The van der Waals surface area contributed by atoms with Crippen molar-refractivity contribution in [3.8, 4) is 0 Å². The third-order valence-corrected chi connectivity index (χ3v) is 3.97. The van der Waals surface area contributed by atoms with Gasteiger partial charge in [-0.3, -0.25) is 4.98 Å². The molecule has 1 aromatic carbocycles. The van der Waals surface area contributed by atoms with E-state index in [1.807, 2.05) is 12.3 Å². The molecule has 0 saturated heterocycles. The minimum absolute atomic E-state index is 1.10. The van der Waals surface area contributed by atoms with Gasteiger partial charge in [0.1, 0.15) is 0 Å². The summed E-state index contributed by atoms with van der Waals surface area (Å²) in [5, 5.41) is 1.27. The Hall–Kier alpha value is -1.37. The fourth-order valence-electron chi connectivity index (χ4n) is 2.72. The molecular formula is C19H27N. The van der Waals surface area contributed by atoms with E-state index >= 15 is 0 Å². The lowest BCUT2D eigenvalue weighted by Crippen LogP contribution is -1.89. The highest BCUT2D eigenvalue weighted by molar-refractivity contribution is 5.78. The molecule has 0 N–H and O–H groups in total. The molecule has 20 heavy (non-hydrogen) atoms. The fraction of sp³-hybridized carbons (Fsp3) is 0.526. The Morgan fingerprint density at radius 1 is 0.850 bits per heavy atom. The monoisotopic (exact) mass is 269 g/mol. The summed E-state index contributed by atoms with van der Waals surface area (Å²) in [6.45, 7) is 2.28. The van der Waals surface area contributed by atoms with Crippen LogP contribution in [0, 0.1) is 0 Å². The minimum atomic E-state index is 1.10. The van der Waals surface area contributed by atoms with Crippen LogP contribution in [0.5, 0.6) is 0 Å². The van der Waals surface area contributed by atoms with Crippen molar-refractivity contribution in [2.45, 2.75) is 64.7 Å². The first-order chi connectivity index (χ1) is 9.90. The molecule has 0 unspecified atom stereocenters. The van der Waals surface area contributed by atoms with E-state index in [-0.39, 0.29) is 0 Å². The largest absolute Gasteiger partial charge is 0.256 e. The molecule has 0 radical (unpaired) electrons. The van der Waals surface area contributed by atoms with Gasteiger partial charge in [0.15, 0.2) is 0 Å². The van der Waals surface area contributed by atoms with Crippen LogP contribution < -0.4 is 0 Å². The van der Waals surface area contributed by atoms with E-state index in [4.69, 9.17) is 0 Å². The number of unbranched alkanes of at least 4 members (excludes halogenated alkanes) is 7. The topological polar surface area (TPSA) is 12.9 Å². The van der Waals surface area contributed by atoms with Crippen LogP contribution in [0.4, 0.5) is 0 Å². The van der Waals surface area contributed by atoms with E-state index in [0.717, 1.165) is 5.52 Å². The number of rotatable bonds is 9. The Morgan fingerprint density at radius 3 is 2.35 bits per heavy atom. The molecule has 0 aliphatic rings. The van der Waals surface area contributed by atoms with Gasteiger partial charge in [-0.2, -0.15) is 0 Å². The van der Waals surface area contributed by atoms with Gasteiger partial charge in [-0.1, -0.05) is 70.1 Å². The summed E-state index contributed by atoms with van der Waals surface area (Å²) in [6.07, 6.45) is 14.3. The van der Waals surface area contributed by atoms with Crippen LogP contribution in [0.25, 0.3) is 10.9 Å². The first-order valence-corrected chi connectivity index (χ1v) is 8.24. The lowest BCUT2D eigenvalue weighted by atomic mass is 10.0. The molecule has 0 atom stereocenters. The van der Waals surface area contributed by atoms with Crippen molar-refractivity contribution in [2.24, 2.45) is 0 Å². The third-order valence-electron chi connectivity index (χ3n) is 3.97. The predicted octanol–water partition coefficient (Wildman–Crippen LogP) is 5.92. The summed E-state index contributed by atoms with van der Waals surface area (Å²) < 4.78 is 0. The van der Waals surface area contributed by atoms with Gasteiger partial charge in [0.05, 0.1) is 5.52 Å². The van der Waals surface area contributed by atoms with Crippen molar-refractivity contribution in [2.75, 3.05) is 0 Å². The van der Waals surface area contributed by atoms with Gasteiger partial charge in [0.25, 0.3) is 0 Å². The van der Waals surface area contributed by atoms with Crippen molar-refractivity contribution in [3.63, 3.8) is 0 Å². The van der Waals surface area contributed by atoms with Crippen LogP contribution in [-0.4, -0.2) is 4.98 Å². The zero-order chi connectivity index (χ0) is 14.0. The maximum absolute atomic E-state index is 4.53. The first kappa shape index (κ1) is 15.0. The lowest BCUT2D eigenvalue weighted by molar-refractivity contribution is 0.575. The molecule has 0 aliphatic heterocycles. The van der Waals surface area contributed by atoms with Crippen LogP contribution in [0.1, 0.15) is 63.9 Å². The molecule has 0 amide bonds. The average Bonchev–Trinajstić information content (AvgIpc) is 2.50. The van der Waals surface area contributed by atoms with Gasteiger partial charge in [-0.15, -0.1) is 0 Å². The quantitative estimate of drug-likeness (QED) is 0.515. The second kappa shape index (κ2) is 8.73. The number of fused-ring (bicyclic) bond motifs is 1. The lowest BCUT2D eigenvalue weighted by Gasteiger charge is -2.04. The number of aromatic nitrogens is 1. The third kappa shape index (κ3) is 4.96. The molecule has 1 nitrogen and oxygen atoms in total. The molecule has 0 spiro atoms. The van der Waals surface area contributed by atoms with Crippen LogP contribution >= 0.6 is 0 Å². The van der Waals surface area contributed by atoms with Crippen molar-refractivity contribution < 1.29 is 0 Å². The minimum Gasteiger partial charge on any atom is -0.256 e. The molecule has 2 aromatic rings. The summed E-state index contributed by atoms with van der Waals surface area (Å²) in [7, 11) is 0. The zero-order valence-electron chi connectivity index (χ0n) is 12.8. The second-order valence-corrected chi connectivity index (χ2v) is 5.76. The highest BCUT2D eigenvalue weighted by atomic mass is 14.6. The smallest absolute Gasteiger partial charge is 0.0702 e. The molecule has 108 valence electrons. The SMILES string of the molecule is CCCCCCCCCCc1cnc2ccccc2c1. The van der Waals surface area contributed by atoms with Gasteiger partial charge in [0.2, 0.25) is 0 Å². The Labute approximate surface area is 123 Å². The Morgan fingerprint density at radius 2 is 1.55 bits per heavy atom.